The van der Waals surface area contributed by atoms with Crippen LogP contribution in [0.25, 0.3) is 0 Å². The Kier molecular flexibility index (Phi) is 6.95. The van der Waals surface area contributed by atoms with E-state index in [0.29, 0.717) is 0 Å². The summed E-state index contributed by atoms with van der Waals surface area (Å²) in [4.78, 5) is 23.5. The molecule has 1 fully saturated rings. The Morgan fingerprint density at radius 1 is 1.12 bits per heavy atom. The van der Waals surface area contributed by atoms with E-state index in [1.165, 1.54) is 30.7 Å². The number of hydrogen-bond donors (Lipinski definition) is 2. The summed E-state index contributed by atoms with van der Waals surface area (Å²) < 4.78 is 31.6. The standard InChI is InChI=1S/C17H24N2O5S/c1-2-24-17(21)13-8-10-15(11-9-13)25(22,23)18-12-16(20)19-14-6-4-3-5-7-14/h8-11,14,18H,2-7,12H2,1H3,(H,19,20). The molecule has 0 radical (unpaired) electrons. The summed E-state index contributed by atoms with van der Waals surface area (Å²) in [6, 6.07) is 5.53. The van der Waals surface area contributed by atoms with Gasteiger partial charge in [0, 0.05) is 6.04 Å². The Hall–Kier alpha value is -1.93. The second-order valence-corrected chi connectivity index (χ2v) is 7.74. The lowest BCUT2D eigenvalue weighted by Gasteiger charge is -2.22. The first-order valence-corrected chi connectivity index (χ1v) is 9.97. The lowest BCUT2D eigenvalue weighted by atomic mass is 9.95. The minimum absolute atomic E-state index is 0.00832. The van der Waals surface area contributed by atoms with E-state index in [-0.39, 0.29) is 35.6 Å². The van der Waals surface area contributed by atoms with Crippen molar-refractivity contribution in [2.75, 3.05) is 13.2 Å². The first-order valence-electron chi connectivity index (χ1n) is 8.48. The molecule has 1 aliphatic carbocycles. The van der Waals surface area contributed by atoms with Gasteiger partial charge in [0.05, 0.1) is 23.6 Å². The number of carbonyl (C=O) groups is 2. The highest BCUT2D eigenvalue weighted by molar-refractivity contribution is 7.89. The highest BCUT2D eigenvalue weighted by Crippen LogP contribution is 2.17. The van der Waals surface area contributed by atoms with Crippen LogP contribution in [-0.2, 0) is 19.6 Å². The number of benzene rings is 1. The van der Waals surface area contributed by atoms with E-state index in [2.05, 4.69) is 10.0 Å². The van der Waals surface area contributed by atoms with E-state index in [9.17, 15) is 18.0 Å². The van der Waals surface area contributed by atoms with Crippen molar-refractivity contribution in [3.05, 3.63) is 29.8 Å². The summed E-state index contributed by atoms with van der Waals surface area (Å²) in [5.74, 6) is -0.843. The van der Waals surface area contributed by atoms with Crippen LogP contribution in [-0.4, -0.2) is 39.5 Å². The summed E-state index contributed by atoms with van der Waals surface area (Å²) >= 11 is 0. The number of ether oxygens (including phenoxy) is 1. The van der Waals surface area contributed by atoms with E-state index >= 15 is 0 Å². The van der Waals surface area contributed by atoms with Gasteiger partial charge >= 0.3 is 5.97 Å². The fourth-order valence-electron chi connectivity index (χ4n) is 2.75. The molecule has 1 aromatic carbocycles. The average Bonchev–Trinajstić information content (AvgIpc) is 2.61. The van der Waals surface area contributed by atoms with Crippen LogP contribution in [0.3, 0.4) is 0 Å². The third-order valence-corrected chi connectivity index (χ3v) is 5.49. The van der Waals surface area contributed by atoms with Crippen LogP contribution in [0, 0.1) is 0 Å². The van der Waals surface area contributed by atoms with Crippen molar-refractivity contribution in [2.24, 2.45) is 0 Å². The van der Waals surface area contributed by atoms with E-state index in [1.54, 1.807) is 6.92 Å². The average molecular weight is 368 g/mol. The summed E-state index contributed by atoms with van der Waals surface area (Å²) in [7, 11) is -3.81. The molecule has 0 heterocycles. The zero-order valence-electron chi connectivity index (χ0n) is 14.3. The van der Waals surface area contributed by atoms with Crippen molar-refractivity contribution in [3.8, 4) is 0 Å². The summed E-state index contributed by atoms with van der Waals surface area (Å²) in [5.41, 5.74) is 0.274. The van der Waals surface area contributed by atoms with Gasteiger partial charge in [0.2, 0.25) is 15.9 Å². The summed E-state index contributed by atoms with van der Waals surface area (Å²) in [5, 5.41) is 2.85. The van der Waals surface area contributed by atoms with Crippen molar-refractivity contribution in [2.45, 2.75) is 50.0 Å². The Labute approximate surface area is 148 Å². The monoisotopic (exact) mass is 368 g/mol. The Morgan fingerprint density at radius 3 is 2.36 bits per heavy atom. The zero-order chi connectivity index (χ0) is 18.3. The van der Waals surface area contributed by atoms with Crippen LogP contribution in [0.1, 0.15) is 49.4 Å². The van der Waals surface area contributed by atoms with Crippen LogP contribution in [0.4, 0.5) is 0 Å². The largest absolute Gasteiger partial charge is 0.462 e. The predicted octanol–water partition coefficient (Wildman–Crippen LogP) is 1.59. The van der Waals surface area contributed by atoms with Crippen molar-refractivity contribution in [1.29, 1.82) is 0 Å². The summed E-state index contributed by atoms with van der Waals surface area (Å²) in [6.07, 6.45) is 5.23. The van der Waals surface area contributed by atoms with Gasteiger partial charge in [-0.05, 0) is 44.0 Å². The maximum atomic E-state index is 12.2. The molecule has 7 nitrogen and oxygen atoms in total. The summed E-state index contributed by atoms with van der Waals surface area (Å²) in [6.45, 7) is 1.63. The third kappa shape index (κ3) is 5.82. The molecule has 2 rings (SSSR count). The van der Waals surface area contributed by atoms with Crippen LogP contribution >= 0.6 is 0 Å². The molecule has 0 atom stereocenters. The molecule has 0 saturated heterocycles. The Morgan fingerprint density at radius 2 is 1.76 bits per heavy atom. The van der Waals surface area contributed by atoms with Gasteiger partial charge in [-0.2, -0.15) is 0 Å². The molecule has 0 aliphatic heterocycles. The van der Waals surface area contributed by atoms with E-state index < -0.39 is 16.0 Å². The normalized spacial score (nSPS) is 15.6. The predicted molar refractivity (Wildman–Crippen MR) is 92.6 cm³/mol. The molecule has 2 N–H and O–H groups in total. The van der Waals surface area contributed by atoms with Gasteiger partial charge in [-0.1, -0.05) is 19.3 Å². The molecule has 8 heteroatoms. The molecule has 1 saturated carbocycles. The van der Waals surface area contributed by atoms with E-state index in [1.807, 2.05) is 0 Å². The Balaban J connectivity index is 1.89. The molecule has 1 aliphatic rings. The second kappa shape index (κ2) is 8.96. The number of rotatable bonds is 7. The number of esters is 1. The Bertz CT molecular complexity index is 694. The van der Waals surface area contributed by atoms with Crippen LogP contribution in [0.2, 0.25) is 0 Å². The molecule has 0 spiro atoms. The number of hydrogen-bond acceptors (Lipinski definition) is 5. The SMILES string of the molecule is CCOC(=O)c1ccc(S(=O)(=O)NCC(=O)NC2CCCCC2)cc1. The topological polar surface area (TPSA) is 102 Å². The first-order chi connectivity index (χ1) is 11.9. The van der Waals surface area contributed by atoms with Gasteiger partial charge in [-0.15, -0.1) is 0 Å². The molecule has 1 amide bonds. The first kappa shape index (κ1) is 19.4. The highest BCUT2D eigenvalue weighted by atomic mass is 32.2. The van der Waals surface area contributed by atoms with Crippen LogP contribution in [0.15, 0.2) is 29.2 Å². The van der Waals surface area contributed by atoms with Gasteiger partial charge in [0.15, 0.2) is 0 Å². The molecule has 25 heavy (non-hydrogen) atoms. The van der Waals surface area contributed by atoms with Crippen molar-refractivity contribution >= 4 is 21.9 Å². The lowest BCUT2D eigenvalue weighted by Crippen LogP contribution is -2.42. The van der Waals surface area contributed by atoms with E-state index in [0.717, 1.165) is 25.7 Å². The third-order valence-electron chi connectivity index (χ3n) is 4.07. The van der Waals surface area contributed by atoms with E-state index in [4.69, 9.17) is 4.74 Å². The van der Waals surface area contributed by atoms with Gasteiger partial charge < -0.3 is 10.1 Å². The van der Waals surface area contributed by atoms with Gasteiger partial charge in [-0.3, -0.25) is 4.79 Å². The number of amides is 1. The quantitative estimate of drug-likeness (QED) is 0.712. The van der Waals surface area contributed by atoms with Gasteiger partial charge in [-0.25, -0.2) is 17.9 Å². The molecule has 0 unspecified atom stereocenters. The van der Waals surface area contributed by atoms with Crippen molar-refractivity contribution < 1.29 is 22.7 Å². The minimum atomic E-state index is -3.81. The van der Waals surface area contributed by atoms with Crippen molar-refractivity contribution in [3.63, 3.8) is 0 Å². The maximum Gasteiger partial charge on any atom is 0.338 e. The molecular formula is C17H24N2O5S. The molecule has 138 valence electrons. The van der Waals surface area contributed by atoms with Gasteiger partial charge in [0.25, 0.3) is 0 Å². The number of sulfonamides is 1. The fourth-order valence-corrected chi connectivity index (χ4v) is 3.74. The smallest absolute Gasteiger partial charge is 0.338 e. The molecule has 0 aromatic heterocycles. The number of nitrogens with one attached hydrogen (secondary N) is 2. The molecular weight excluding hydrogens is 344 g/mol. The van der Waals surface area contributed by atoms with Crippen LogP contribution in [0.5, 0.6) is 0 Å². The number of carbonyl (C=O) groups excluding carboxylic acids is 2. The lowest BCUT2D eigenvalue weighted by molar-refractivity contribution is -0.120. The fraction of sp³-hybridized carbons (Fsp3) is 0.529. The minimum Gasteiger partial charge on any atom is -0.462 e. The van der Waals surface area contributed by atoms with Gasteiger partial charge in [0.1, 0.15) is 0 Å². The highest BCUT2D eigenvalue weighted by Gasteiger charge is 2.19. The zero-order valence-corrected chi connectivity index (χ0v) is 15.1. The molecule has 1 aromatic rings. The van der Waals surface area contributed by atoms with Crippen LogP contribution < -0.4 is 10.0 Å². The van der Waals surface area contributed by atoms with Crippen molar-refractivity contribution in [1.82, 2.24) is 10.0 Å². The second-order valence-electron chi connectivity index (χ2n) is 5.97. The maximum absolute atomic E-state index is 12.2. The molecule has 0 bridgehead atoms.